The summed E-state index contributed by atoms with van der Waals surface area (Å²) in [5.41, 5.74) is 2.47. The number of nitrogens with zero attached hydrogens (tertiary/aromatic N) is 3. The van der Waals surface area contributed by atoms with Crippen molar-refractivity contribution < 1.29 is 18.9 Å². The molecule has 8 heteroatoms. The van der Waals surface area contributed by atoms with Crippen molar-refractivity contribution in [2.24, 2.45) is 0 Å². The molecule has 0 spiro atoms. The molecule has 1 aliphatic rings. The van der Waals surface area contributed by atoms with Crippen LogP contribution in [0.2, 0.25) is 0 Å². The lowest BCUT2D eigenvalue weighted by atomic mass is 10.1. The molecular weight excluding hydrogens is 410 g/mol. The molecular formula is C24H25N3O5. The standard InChI is InChI=1S/C24H25N3O5/c1-18-6-2-3-7-19(18)16-25-12-14-26(15-13-25)24(28)23-11-10-20(32-23)17-31-22-9-5-4-8-21(22)27(29)30/h2-11H,12-17H2,1H3. The van der Waals surface area contributed by atoms with E-state index in [9.17, 15) is 14.9 Å². The number of carbonyl (C=O) groups is 1. The number of hydrogen-bond donors (Lipinski definition) is 0. The van der Waals surface area contributed by atoms with E-state index in [0.29, 0.717) is 18.8 Å². The maximum absolute atomic E-state index is 12.8. The van der Waals surface area contributed by atoms with Gasteiger partial charge in [-0.05, 0) is 36.2 Å². The van der Waals surface area contributed by atoms with Crippen LogP contribution < -0.4 is 4.74 Å². The van der Waals surface area contributed by atoms with Crippen LogP contribution in [-0.2, 0) is 13.2 Å². The molecule has 4 rings (SSSR count). The van der Waals surface area contributed by atoms with E-state index in [0.717, 1.165) is 19.6 Å². The first-order valence-electron chi connectivity index (χ1n) is 10.5. The van der Waals surface area contributed by atoms with Gasteiger partial charge in [-0.3, -0.25) is 19.8 Å². The predicted molar refractivity (Wildman–Crippen MR) is 118 cm³/mol. The number of hydrogen-bond acceptors (Lipinski definition) is 6. The number of furan rings is 1. The molecule has 1 fully saturated rings. The summed E-state index contributed by atoms with van der Waals surface area (Å²) in [4.78, 5) is 27.6. The average molecular weight is 435 g/mol. The van der Waals surface area contributed by atoms with Gasteiger partial charge in [0.15, 0.2) is 11.5 Å². The summed E-state index contributed by atoms with van der Waals surface area (Å²) < 4.78 is 11.2. The second kappa shape index (κ2) is 9.65. The second-order valence-electron chi connectivity index (χ2n) is 7.77. The third-order valence-corrected chi connectivity index (χ3v) is 5.62. The van der Waals surface area contributed by atoms with Gasteiger partial charge < -0.3 is 14.1 Å². The number of para-hydroxylation sites is 2. The molecule has 0 atom stereocenters. The van der Waals surface area contributed by atoms with E-state index in [-0.39, 0.29) is 29.7 Å². The normalized spacial score (nSPS) is 14.3. The molecule has 0 bridgehead atoms. The highest BCUT2D eigenvalue weighted by Crippen LogP contribution is 2.27. The lowest BCUT2D eigenvalue weighted by Gasteiger charge is -2.34. The van der Waals surface area contributed by atoms with Gasteiger partial charge in [-0.1, -0.05) is 36.4 Å². The number of nitro groups is 1. The Morgan fingerprint density at radius 1 is 1.03 bits per heavy atom. The first-order valence-corrected chi connectivity index (χ1v) is 10.5. The summed E-state index contributed by atoms with van der Waals surface area (Å²) in [6.07, 6.45) is 0. The van der Waals surface area contributed by atoms with Gasteiger partial charge in [0.2, 0.25) is 0 Å². The number of carbonyl (C=O) groups excluding carboxylic acids is 1. The van der Waals surface area contributed by atoms with E-state index in [1.807, 2.05) is 6.07 Å². The Labute approximate surface area is 186 Å². The summed E-state index contributed by atoms with van der Waals surface area (Å²) in [6, 6.07) is 17.8. The molecule has 2 heterocycles. The van der Waals surface area contributed by atoms with Crippen LogP contribution in [0.15, 0.2) is 65.1 Å². The highest BCUT2D eigenvalue weighted by molar-refractivity contribution is 5.91. The summed E-state index contributed by atoms with van der Waals surface area (Å²) in [7, 11) is 0. The van der Waals surface area contributed by atoms with Crippen LogP contribution in [0.25, 0.3) is 0 Å². The molecule has 1 saturated heterocycles. The van der Waals surface area contributed by atoms with Crippen molar-refractivity contribution >= 4 is 11.6 Å². The molecule has 0 unspecified atom stereocenters. The van der Waals surface area contributed by atoms with Crippen molar-refractivity contribution in [1.82, 2.24) is 9.80 Å². The third-order valence-electron chi connectivity index (χ3n) is 5.62. The van der Waals surface area contributed by atoms with Gasteiger partial charge in [0, 0.05) is 38.8 Å². The number of rotatable bonds is 7. The van der Waals surface area contributed by atoms with E-state index >= 15 is 0 Å². The number of ether oxygens (including phenoxy) is 1. The molecule has 3 aromatic rings. The Morgan fingerprint density at radius 3 is 2.50 bits per heavy atom. The third kappa shape index (κ3) is 4.97. The van der Waals surface area contributed by atoms with Gasteiger partial charge in [0.25, 0.3) is 5.91 Å². The molecule has 0 radical (unpaired) electrons. The number of amides is 1. The maximum atomic E-state index is 12.8. The smallest absolute Gasteiger partial charge is 0.310 e. The lowest BCUT2D eigenvalue weighted by molar-refractivity contribution is -0.386. The molecule has 32 heavy (non-hydrogen) atoms. The van der Waals surface area contributed by atoms with Crippen LogP contribution in [0.3, 0.4) is 0 Å². The molecule has 8 nitrogen and oxygen atoms in total. The molecule has 0 saturated carbocycles. The first-order chi connectivity index (χ1) is 15.5. The van der Waals surface area contributed by atoms with Gasteiger partial charge >= 0.3 is 5.69 Å². The van der Waals surface area contributed by atoms with Crippen molar-refractivity contribution in [3.63, 3.8) is 0 Å². The molecule has 1 aromatic heterocycles. The van der Waals surface area contributed by atoms with Crippen LogP contribution in [0, 0.1) is 17.0 Å². The van der Waals surface area contributed by atoms with E-state index < -0.39 is 4.92 Å². The minimum atomic E-state index is -0.495. The topological polar surface area (TPSA) is 89.1 Å². The van der Waals surface area contributed by atoms with Crippen molar-refractivity contribution in [3.05, 3.63) is 93.4 Å². The maximum Gasteiger partial charge on any atom is 0.310 e. The fourth-order valence-corrected chi connectivity index (χ4v) is 3.74. The zero-order chi connectivity index (χ0) is 22.5. The van der Waals surface area contributed by atoms with Crippen molar-refractivity contribution in [2.75, 3.05) is 26.2 Å². The Morgan fingerprint density at radius 2 is 1.75 bits per heavy atom. The second-order valence-corrected chi connectivity index (χ2v) is 7.77. The molecule has 2 aromatic carbocycles. The number of piperazine rings is 1. The van der Waals surface area contributed by atoms with Gasteiger partial charge in [-0.2, -0.15) is 0 Å². The highest BCUT2D eigenvalue weighted by atomic mass is 16.6. The Bertz CT molecular complexity index is 1100. The quantitative estimate of drug-likeness (QED) is 0.411. The SMILES string of the molecule is Cc1ccccc1CN1CCN(C(=O)c2ccc(COc3ccccc3[N+](=O)[O-])o2)CC1. The van der Waals surface area contributed by atoms with E-state index in [1.54, 1.807) is 29.2 Å². The van der Waals surface area contributed by atoms with Crippen LogP contribution in [-0.4, -0.2) is 46.8 Å². The number of benzene rings is 2. The van der Waals surface area contributed by atoms with E-state index in [4.69, 9.17) is 9.15 Å². The minimum Gasteiger partial charge on any atom is -0.479 e. The van der Waals surface area contributed by atoms with Gasteiger partial charge in [0.1, 0.15) is 12.4 Å². The largest absolute Gasteiger partial charge is 0.479 e. The monoisotopic (exact) mass is 435 g/mol. The fourth-order valence-electron chi connectivity index (χ4n) is 3.74. The Hall–Kier alpha value is -3.65. The molecule has 0 N–H and O–H groups in total. The predicted octanol–water partition coefficient (Wildman–Crippen LogP) is 4.03. The highest BCUT2D eigenvalue weighted by Gasteiger charge is 2.24. The van der Waals surface area contributed by atoms with Crippen molar-refractivity contribution in [3.8, 4) is 5.75 Å². The fraction of sp³-hybridized carbons (Fsp3) is 0.292. The van der Waals surface area contributed by atoms with Crippen molar-refractivity contribution in [2.45, 2.75) is 20.1 Å². The van der Waals surface area contributed by atoms with Crippen LogP contribution in [0.1, 0.15) is 27.4 Å². The van der Waals surface area contributed by atoms with Crippen LogP contribution in [0.5, 0.6) is 5.75 Å². The lowest BCUT2D eigenvalue weighted by Crippen LogP contribution is -2.48. The minimum absolute atomic E-state index is 0.00232. The van der Waals surface area contributed by atoms with Crippen molar-refractivity contribution in [1.29, 1.82) is 0 Å². The average Bonchev–Trinajstić information content (AvgIpc) is 3.28. The van der Waals surface area contributed by atoms with Gasteiger partial charge in [-0.15, -0.1) is 0 Å². The van der Waals surface area contributed by atoms with Gasteiger partial charge in [0.05, 0.1) is 4.92 Å². The summed E-state index contributed by atoms with van der Waals surface area (Å²) >= 11 is 0. The molecule has 1 aliphatic heterocycles. The summed E-state index contributed by atoms with van der Waals surface area (Å²) in [5.74, 6) is 0.687. The van der Waals surface area contributed by atoms with Gasteiger partial charge in [-0.25, -0.2) is 0 Å². The van der Waals surface area contributed by atoms with E-state index in [1.165, 1.54) is 23.3 Å². The summed E-state index contributed by atoms with van der Waals surface area (Å²) in [5, 5.41) is 11.1. The molecule has 1 amide bonds. The van der Waals surface area contributed by atoms with Crippen LogP contribution >= 0.6 is 0 Å². The Balaban J connectivity index is 1.31. The Kier molecular flexibility index (Phi) is 6.51. The first kappa shape index (κ1) is 21.6. The zero-order valence-corrected chi connectivity index (χ0v) is 17.9. The van der Waals surface area contributed by atoms with E-state index in [2.05, 4.69) is 30.0 Å². The van der Waals surface area contributed by atoms with Crippen LogP contribution in [0.4, 0.5) is 5.69 Å². The number of nitro benzene ring substituents is 1. The summed E-state index contributed by atoms with van der Waals surface area (Å²) in [6.45, 7) is 5.86. The molecule has 166 valence electrons. The zero-order valence-electron chi connectivity index (χ0n) is 17.9. The number of aryl methyl sites for hydroxylation is 1. The molecule has 0 aliphatic carbocycles.